The summed E-state index contributed by atoms with van der Waals surface area (Å²) >= 11 is 0. The van der Waals surface area contributed by atoms with E-state index in [1.165, 1.54) is 5.57 Å². The summed E-state index contributed by atoms with van der Waals surface area (Å²) in [6, 6.07) is 5.82. The smallest absolute Gasteiger partial charge is 0.136 e. The van der Waals surface area contributed by atoms with Crippen LogP contribution in [0.4, 0.5) is 0 Å². The summed E-state index contributed by atoms with van der Waals surface area (Å²) in [6.45, 7) is 17.0. The SMILES string of the molecule is C#Cc1ccc(C(CCCC)=N/C=C(/C)C=C)c(O/C=C/C(=NCC)C(/C=C\C=C/C)=C(/C)CC)c1. The predicted molar refractivity (Wildman–Crippen MR) is 159 cm³/mol. The van der Waals surface area contributed by atoms with Gasteiger partial charge in [0.05, 0.1) is 17.7 Å². The molecule has 36 heavy (non-hydrogen) atoms. The Morgan fingerprint density at radius 1 is 1.14 bits per heavy atom. The summed E-state index contributed by atoms with van der Waals surface area (Å²) in [4.78, 5) is 9.51. The van der Waals surface area contributed by atoms with E-state index in [9.17, 15) is 0 Å². The normalized spacial score (nSPS) is 14.0. The van der Waals surface area contributed by atoms with Crippen molar-refractivity contribution in [3.63, 3.8) is 0 Å². The first-order valence-electron chi connectivity index (χ1n) is 12.8. The molecule has 0 aromatic heterocycles. The summed E-state index contributed by atoms with van der Waals surface area (Å²) in [5.74, 6) is 3.39. The Kier molecular flexibility index (Phi) is 15.0. The Morgan fingerprint density at radius 3 is 2.53 bits per heavy atom. The van der Waals surface area contributed by atoms with Crippen molar-refractivity contribution >= 4 is 11.4 Å². The van der Waals surface area contributed by atoms with Crippen LogP contribution in [0.25, 0.3) is 0 Å². The van der Waals surface area contributed by atoms with Crippen molar-refractivity contribution in [2.24, 2.45) is 9.98 Å². The minimum Gasteiger partial charge on any atom is -0.464 e. The van der Waals surface area contributed by atoms with Crippen LogP contribution in [0.15, 0.2) is 100 Å². The molecule has 0 fully saturated rings. The lowest BCUT2D eigenvalue weighted by atomic mass is 10.0. The zero-order valence-corrected chi connectivity index (χ0v) is 23.0. The third kappa shape index (κ3) is 10.3. The van der Waals surface area contributed by atoms with Gasteiger partial charge in [0.2, 0.25) is 0 Å². The fourth-order valence-corrected chi connectivity index (χ4v) is 3.26. The fourth-order valence-electron chi connectivity index (χ4n) is 3.26. The molecule has 0 N–H and O–H groups in total. The Morgan fingerprint density at radius 2 is 1.92 bits per heavy atom. The molecule has 3 heteroatoms. The summed E-state index contributed by atoms with van der Waals surface area (Å²) < 4.78 is 6.20. The molecule has 0 aliphatic heterocycles. The van der Waals surface area contributed by atoms with E-state index in [1.54, 1.807) is 12.3 Å². The monoisotopic (exact) mass is 482 g/mol. The van der Waals surface area contributed by atoms with Crippen LogP contribution in [-0.2, 0) is 0 Å². The molecule has 0 unspecified atom stereocenters. The molecule has 1 rings (SSSR count). The van der Waals surface area contributed by atoms with Gasteiger partial charge in [0.1, 0.15) is 5.75 Å². The number of hydrogen-bond acceptors (Lipinski definition) is 3. The van der Waals surface area contributed by atoms with Crippen molar-refractivity contribution in [2.45, 2.75) is 67.2 Å². The number of unbranched alkanes of at least 4 members (excludes halogenated alkanes) is 1. The predicted octanol–water partition coefficient (Wildman–Crippen LogP) is 8.95. The maximum atomic E-state index is 6.20. The lowest BCUT2D eigenvalue weighted by molar-refractivity contribution is 0.480. The maximum absolute atomic E-state index is 6.20. The molecule has 0 aliphatic rings. The van der Waals surface area contributed by atoms with Gasteiger partial charge in [0.15, 0.2) is 0 Å². The molecule has 0 atom stereocenters. The van der Waals surface area contributed by atoms with Gasteiger partial charge in [-0.2, -0.15) is 0 Å². The van der Waals surface area contributed by atoms with Crippen LogP contribution in [0.5, 0.6) is 5.75 Å². The van der Waals surface area contributed by atoms with Crippen LogP contribution in [0, 0.1) is 12.3 Å². The van der Waals surface area contributed by atoms with E-state index in [2.05, 4.69) is 39.3 Å². The molecule has 0 amide bonds. The third-order valence-corrected chi connectivity index (χ3v) is 5.55. The molecule has 190 valence electrons. The molecule has 3 nitrogen and oxygen atoms in total. The third-order valence-electron chi connectivity index (χ3n) is 5.55. The quantitative estimate of drug-likeness (QED) is 0.113. The summed E-state index contributed by atoms with van der Waals surface area (Å²) in [7, 11) is 0. The first-order valence-corrected chi connectivity index (χ1v) is 12.8. The summed E-state index contributed by atoms with van der Waals surface area (Å²) in [5.41, 5.74) is 6.91. The number of terminal acetylenes is 1. The van der Waals surface area contributed by atoms with Crippen LogP contribution >= 0.6 is 0 Å². The van der Waals surface area contributed by atoms with Gasteiger partial charge in [0, 0.05) is 23.9 Å². The molecule has 0 aliphatic carbocycles. The first-order chi connectivity index (χ1) is 17.4. The molecule has 0 heterocycles. The second-order valence-corrected chi connectivity index (χ2v) is 8.32. The number of aliphatic imine (C=N–C) groups is 2. The summed E-state index contributed by atoms with van der Waals surface area (Å²) in [5, 5.41) is 0. The van der Waals surface area contributed by atoms with Gasteiger partial charge in [0.25, 0.3) is 0 Å². The van der Waals surface area contributed by atoms with E-state index >= 15 is 0 Å². The number of rotatable bonds is 14. The average Bonchev–Trinajstić information content (AvgIpc) is 2.90. The van der Waals surface area contributed by atoms with Crippen LogP contribution < -0.4 is 4.74 Å². The second kappa shape index (κ2) is 17.7. The Bertz CT molecular complexity index is 1110. The molecule has 0 spiro atoms. The van der Waals surface area contributed by atoms with Gasteiger partial charge in [-0.25, -0.2) is 0 Å². The highest BCUT2D eigenvalue weighted by molar-refractivity contribution is 6.10. The minimum absolute atomic E-state index is 0.679. The lowest BCUT2D eigenvalue weighted by Gasteiger charge is -2.12. The Hall–Kier alpha value is -3.64. The van der Waals surface area contributed by atoms with Crippen LogP contribution in [0.3, 0.4) is 0 Å². The van der Waals surface area contributed by atoms with E-state index in [4.69, 9.17) is 21.1 Å². The van der Waals surface area contributed by atoms with Gasteiger partial charge in [-0.05, 0) is 82.4 Å². The molecule has 1 aromatic rings. The topological polar surface area (TPSA) is 34.0 Å². The number of nitrogens with zero attached hydrogens (tertiary/aromatic N) is 2. The molecule has 0 saturated heterocycles. The number of hydrogen-bond donors (Lipinski definition) is 0. The molecule has 0 saturated carbocycles. The number of ether oxygens (including phenoxy) is 1. The Labute approximate surface area is 219 Å². The van der Waals surface area contributed by atoms with Crippen LogP contribution in [0.2, 0.25) is 0 Å². The van der Waals surface area contributed by atoms with Crippen molar-refractivity contribution < 1.29 is 4.74 Å². The van der Waals surface area contributed by atoms with E-state index in [-0.39, 0.29) is 0 Å². The van der Waals surface area contributed by atoms with Gasteiger partial charge >= 0.3 is 0 Å². The van der Waals surface area contributed by atoms with Gasteiger partial charge in [-0.15, -0.1) is 6.42 Å². The van der Waals surface area contributed by atoms with Gasteiger partial charge < -0.3 is 4.74 Å². The molecule has 0 bridgehead atoms. The van der Waals surface area contributed by atoms with Crippen molar-refractivity contribution in [1.82, 2.24) is 0 Å². The molecular formula is C33H42N2O. The van der Waals surface area contributed by atoms with Crippen LogP contribution in [0.1, 0.15) is 78.4 Å². The first kappa shape index (κ1) is 30.4. The zero-order chi connectivity index (χ0) is 26.8. The van der Waals surface area contributed by atoms with E-state index in [0.717, 1.165) is 59.4 Å². The van der Waals surface area contributed by atoms with E-state index in [1.807, 2.05) is 69.5 Å². The number of benzene rings is 1. The fraction of sp³-hybridized carbons (Fsp3) is 0.333. The molecular weight excluding hydrogens is 440 g/mol. The molecule has 0 radical (unpaired) electrons. The largest absolute Gasteiger partial charge is 0.464 e. The average molecular weight is 483 g/mol. The van der Waals surface area contributed by atoms with Crippen molar-refractivity contribution in [3.05, 3.63) is 102 Å². The highest BCUT2D eigenvalue weighted by Crippen LogP contribution is 2.24. The number of allylic oxidation sites excluding steroid dienone is 9. The second-order valence-electron chi connectivity index (χ2n) is 8.32. The van der Waals surface area contributed by atoms with Crippen molar-refractivity contribution in [3.8, 4) is 18.1 Å². The van der Waals surface area contributed by atoms with Crippen molar-refractivity contribution in [1.29, 1.82) is 0 Å². The van der Waals surface area contributed by atoms with E-state index < -0.39 is 0 Å². The standard InChI is InChI=1S/C33H42N2O/c1-9-15-17-18-29(27(8)12-4)32(34-14-6)22-23-36-33-24-28(13-5)20-21-30(33)31(19-16-10-2)35-25-26(7)11-3/h5,9,11,15,17-18,20-25H,3,10,12,14,16,19H2,1-2,4,6-8H3/b15-9-,18-17-,23-22+,26-25-,29-27-,34-32?,35-31?. The highest BCUT2D eigenvalue weighted by Gasteiger charge is 2.12. The minimum atomic E-state index is 0.679. The highest BCUT2D eigenvalue weighted by atomic mass is 16.5. The molecule has 1 aromatic carbocycles. The Balaban J connectivity index is 3.49. The summed E-state index contributed by atoms with van der Waals surface area (Å²) in [6.07, 6.45) is 25.0. The van der Waals surface area contributed by atoms with Crippen LogP contribution in [-0.4, -0.2) is 18.0 Å². The van der Waals surface area contributed by atoms with Gasteiger partial charge in [-0.1, -0.05) is 68.7 Å². The lowest BCUT2D eigenvalue weighted by Crippen LogP contribution is -2.05. The van der Waals surface area contributed by atoms with Crippen molar-refractivity contribution in [2.75, 3.05) is 6.54 Å². The zero-order valence-electron chi connectivity index (χ0n) is 23.0. The maximum Gasteiger partial charge on any atom is 0.136 e. The van der Waals surface area contributed by atoms with E-state index in [0.29, 0.717) is 12.3 Å². The van der Waals surface area contributed by atoms with Gasteiger partial charge in [-0.3, -0.25) is 9.98 Å².